The summed E-state index contributed by atoms with van der Waals surface area (Å²) in [5.74, 6) is -0.528. The molecule has 4 aromatic rings. The average Bonchev–Trinajstić information content (AvgIpc) is 3.32. The van der Waals surface area contributed by atoms with Crippen LogP contribution in [0.4, 0.5) is 5.69 Å². The summed E-state index contributed by atoms with van der Waals surface area (Å²) in [5.41, 5.74) is 4.32. The van der Waals surface area contributed by atoms with Gasteiger partial charge in [-0.05, 0) is 41.3 Å². The second kappa shape index (κ2) is 7.67. The summed E-state index contributed by atoms with van der Waals surface area (Å²) in [4.78, 5) is 15.7. The number of benzene rings is 2. The van der Waals surface area contributed by atoms with Gasteiger partial charge in [-0.2, -0.15) is 0 Å². The Morgan fingerprint density at radius 1 is 1.07 bits per heavy atom. The third kappa shape index (κ3) is 4.06. The highest BCUT2D eigenvalue weighted by molar-refractivity contribution is 6.00. The molecule has 0 aliphatic carbocycles. The van der Waals surface area contributed by atoms with Crippen LogP contribution < -0.4 is 0 Å². The fourth-order valence-corrected chi connectivity index (χ4v) is 3.45. The Bertz CT molecular complexity index is 1220. The molecule has 0 radical (unpaired) electrons. The molecule has 5 nitrogen and oxygen atoms in total. The maximum absolute atomic E-state index is 11.1. The first kappa shape index (κ1) is 19.7. The summed E-state index contributed by atoms with van der Waals surface area (Å²) >= 11 is 0. The van der Waals surface area contributed by atoms with E-state index in [2.05, 4.69) is 44.0 Å². The number of carbonyl (C=O) groups is 1. The second-order valence-corrected chi connectivity index (χ2v) is 8.36. The maximum Gasteiger partial charge on any atom is 0.371 e. The summed E-state index contributed by atoms with van der Waals surface area (Å²) in [6.45, 7) is 7.03. The van der Waals surface area contributed by atoms with Gasteiger partial charge in [0, 0.05) is 28.9 Å². The number of nitrogens with zero attached hydrogens (tertiary/aromatic N) is 2. The predicted octanol–water partition coefficient (Wildman–Crippen LogP) is 6.03. The fraction of sp³-hybridized carbons (Fsp3) is 0.200. The van der Waals surface area contributed by atoms with Crippen LogP contribution >= 0.6 is 0 Å². The highest BCUT2D eigenvalue weighted by atomic mass is 16.4. The quantitative estimate of drug-likeness (QED) is 0.416. The number of furan rings is 1. The van der Waals surface area contributed by atoms with Gasteiger partial charge in [0.1, 0.15) is 5.76 Å². The minimum Gasteiger partial charge on any atom is -0.475 e. The van der Waals surface area contributed by atoms with Gasteiger partial charge in [0.25, 0.3) is 0 Å². The third-order valence-electron chi connectivity index (χ3n) is 5.10. The molecule has 30 heavy (non-hydrogen) atoms. The molecule has 2 aromatic heterocycles. The van der Waals surface area contributed by atoms with E-state index in [0.717, 1.165) is 22.2 Å². The van der Waals surface area contributed by atoms with Crippen LogP contribution in [0.25, 0.3) is 10.9 Å². The van der Waals surface area contributed by atoms with Crippen LogP contribution in [-0.4, -0.2) is 21.9 Å². The lowest BCUT2D eigenvalue weighted by atomic mass is 9.87. The predicted molar refractivity (Wildman–Crippen MR) is 119 cm³/mol. The summed E-state index contributed by atoms with van der Waals surface area (Å²) in [6.07, 6.45) is 3.89. The van der Waals surface area contributed by atoms with Crippen molar-refractivity contribution < 1.29 is 14.3 Å². The molecular formula is C25H24N2O3. The molecular weight excluding hydrogens is 376 g/mol. The zero-order valence-electron chi connectivity index (χ0n) is 17.3. The summed E-state index contributed by atoms with van der Waals surface area (Å²) in [5, 5.41) is 10.1. The molecule has 2 heterocycles. The second-order valence-electron chi connectivity index (χ2n) is 8.36. The first-order valence-corrected chi connectivity index (χ1v) is 9.86. The lowest BCUT2D eigenvalue weighted by molar-refractivity contribution is 0.0660. The van der Waals surface area contributed by atoms with Gasteiger partial charge < -0.3 is 14.1 Å². The van der Waals surface area contributed by atoms with Gasteiger partial charge in [0.2, 0.25) is 5.76 Å². The first-order valence-electron chi connectivity index (χ1n) is 9.86. The van der Waals surface area contributed by atoms with Gasteiger partial charge in [0.05, 0.1) is 12.2 Å². The topological polar surface area (TPSA) is 67.7 Å². The van der Waals surface area contributed by atoms with E-state index in [1.807, 2.05) is 47.3 Å². The summed E-state index contributed by atoms with van der Waals surface area (Å²) in [6, 6.07) is 19.6. The standard InChI is InChI=1S/C25H24N2O3/c1-25(2,3)18-8-10-19(11-9-18)26-14-17-15-27(22-7-5-4-6-21(17)22)16-20-12-13-23(30-20)24(28)29/h4-15H,16H2,1-3H3,(H,28,29). The Labute approximate surface area is 175 Å². The lowest BCUT2D eigenvalue weighted by Gasteiger charge is -2.18. The van der Waals surface area contributed by atoms with E-state index in [-0.39, 0.29) is 11.2 Å². The molecule has 0 bridgehead atoms. The van der Waals surface area contributed by atoms with Crippen molar-refractivity contribution in [2.75, 3.05) is 0 Å². The number of fused-ring (bicyclic) bond motifs is 1. The minimum absolute atomic E-state index is 0.0537. The average molecular weight is 400 g/mol. The Balaban J connectivity index is 1.63. The van der Waals surface area contributed by atoms with Crippen molar-refractivity contribution in [2.24, 2.45) is 4.99 Å². The molecule has 1 N–H and O–H groups in total. The van der Waals surface area contributed by atoms with Crippen LogP contribution in [0, 0.1) is 0 Å². The Morgan fingerprint density at radius 2 is 1.80 bits per heavy atom. The molecule has 2 aromatic carbocycles. The van der Waals surface area contributed by atoms with Crippen molar-refractivity contribution in [3.8, 4) is 0 Å². The van der Waals surface area contributed by atoms with E-state index in [1.165, 1.54) is 11.6 Å². The van der Waals surface area contributed by atoms with Crippen molar-refractivity contribution in [1.29, 1.82) is 0 Å². The number of carboxylic acid groups (broad SMARTS) is 1. The molecule has 0 aliphatic heterocycles. The molecule has 0 amide bonds. The van der Waals surface area contributed by atoms with Crippen molar-refractivity contribution in [1.82, 2.24) is 4.57 Å². The number of para-hydroxylation sites is 1. The van der Waals surface area contributed by atoms with E-state index in [4.69, 9.17) is 9.52 Å². The first-order chi connectivity index (χ1) is 14.3. The molecule has 0 spiro atoms. The zero-order valence-corrected chi connectivity index (χ0v) is 17.3. The largest absolute Gasteiger partial charge is 0.475 e. The molecule has 4 rings (SSSR count). The highest BCUT2D eigenvalue weighted by Crippen LogP contribution is 2.26. The molecule has 0 aliphatic rings. The number of hydrogen-bond donors (Lipinski definition) is 1. The number of aromatic carboxylic acids is 1. The van der Waals surface area contributed by atoms with Crippen LogP contribution in [0.15, 0.2) is 76.3 Å². The molecule has 0 atom stereocenters. The van der Waals surface area contributed by atoms with E-state index in [1.54, 1.807) is 6.07 Å². The Hall–Kier alpha value is -3.60. The zero-order chi connectivity index (χ0) is 21.3. The molecule has 152 valence electrons. The number of aliphatic imine (C=N–C) groups is 1. The Kier molecular flexibility index (Phi) is 5.04. The number of hydrogen-bond acceptors (Lipinski definition) is 3. The molecule has 0 saturated heterocycles. The van der Waals surface area contributed by atoms with Gasteiger partial charge in [-0.25, -0.2) is 4.79 Å². The minimum atomic E-state index is -1.07. The van der Waals surface area contributed by atoms with Crippen molar-refractivity contribution in [3.05, 3.63) is 89.5 Å². The van der Waals surface area contributed by atoms with Crippen molar-refractivity contribution in [2.45, 2.75) is 32.7 Å². The van der Waals surface area contributed by atoms with Gasteiger partial charge in [-0.15, -0.1) is 0 Å². The van der Waals surface area contributed by atoms with E-state index in [9.17, 15) is 4.79 Å². The number of aromatic nitrogens is 1. The van der Waals surface area contributed by atoms with E-state index in [0.29, 0.717) is 12.3 Å². The van der Waals surface area contributed by atoms with Gasteiger partial charge in [-0.1, -0.05) is 51.1 Å². The van der Waals surface area contributed by atoms with Gasteiger partial charge in [0.15, 0.2) is 0 Å². The summed E-state index contributed by atoms with van der Waals surface area (Å²) < 4.78 is 7.47. The number of carboxylic acids is 1. The highest BCUT2D eigenvalue weighted by Gasteiger charge is 2.13. The van der Waals surface area contributed by atoms with Crippen molar-refractivity contribution >= 4 is 28.8 Å². The fourth-order valence-electron chi connectivity index (χ4n) is 3.45. The van der Waals surface area contributed by atoms with E-state index < -0.39 is 5.97 Å². The third-order valence-corrected chi connectivity index (χ3v) is 5.10. The molecule has 5 heteroatoms. The van der Waals surface area contributed by atoms with Crippen LogP contribution in [0.2, 0.25) is 0 Å². The van der Waals surface area contributed by atoms with E-state index >= 15 is 0 Å². The lowest BCUT2D eigenvalue weighted by Crippen LogP contribution is -2.10. The van der Waals surface area contributed by atoms with Crippen molar-refractivity contribution in [3.63, 3.8) is 0 Å². The Morgan fingerprint density at radius 3 is 2.47 bits per heavy atom. The van der Waals surface area contributed by atoms with Crippen LogP contribution in [0.3, 0.4) is 0 Å². The molecule has 0 saturated carbocycles. The van der Waals surface area contributed by atoms with Crippen LogP contribution in [-0.2, 0) is 12.0 Å². The van der Waals surface area contributed by atoms with Crippen LogP contribution in [0.1, 0.15) is 48.2 Å². The van der Waals surface area contributed by atoms with Gasteiger partial charge >= 0.3 is 5.97 Å². The smallest absolute Gasteiger partial charge is 0.371 e. The summed E-state index contributed by atoms with van der Waals surface area (Å²) in [7, 11) is 0. The number of rotatable bonds is 5. The SMILES string of the molecule is CC(C)(C)c1ccc(N=Cc2cn(Cc3ccc(C(=O)O)o3)c3ccccc23)cc1. The maximum atomic E-state index is 11.1. The molecule has 0 fully saturated rings. The molecule has 0 unspecified atom stereocenters. The monoisotopic (exact) mass is 400 g/mol. The van der Waals surface area contributed by atoms with Gasteiger partial charge in [-0.3, -0.25) is 4.99 Å². The normalized spacial score (nSPS) is 12.1. The van der Waals surface area contributed by atoms with Crippen LogP contribution in [0.5, 0.6) is 0 Å².